The number of allylic oxidation sites excluding steroid dienone is 1. The first-order chi connectivity index (χ1) is 16.2. The lowest BCUT2D eigenvalue weighted by atomic mass is 9.78. The van der Waals surface area contributed by atoms with Gasteiger partial charge < -0.3 is 14.8 Å². The van der Waals surface area contributed by atoms with Crippen LogP contribution in [0.5, 0.6) is 5.75 Å². The summed E-state index contributed by atoms with van der Waals surface area (Å²) < 4.78 is 10.3. The molecule has 1 amide bonds. The maximum absolute atomic E-state index is 13.0. The second-order valence-corrected chi connectivity index (χ2v) is 9.72. The van der Waals surface area contributed by atoms with E-state index in [1.807, 2.05) is 0 Å². The Bertz CT molecular complexity index is 1190. The van der Waals surface area contributed by atoms with Crippen molar-refractivity contribution in [3.05, 3.63) is 72.2 Å². The molecule has 0 fully saturated rings. The number of hydrogen-bond donors (Lipinski definition) is 1. The maximum Gasteiger partial charge on any atom is 0.319 e. The predicted molar refractivity (Wildman–Crippen MR) is 134 cm³/mol. The van der Waals surface area contributed by atoms with Crippen LogP contribution in [0.25, 0.3) is 0 Å². The van der Waals surface area contributed by atoms with Gasteiger partial charge in [0.2, 0.25) is 5.91 Å². The normalized spacial score (nSPS) is 17.7. The molecule has 1 N–H and O–H groups in total. The van der Waals surface area contributed by atoms with Crippen LogP contribution < -0.4 is 10.1 Å². The van der Waals surface area contributed by atoms with Gasteiger partial charge in [0, 0.05) is 11.7 Å². The number of carbonyl (C=O) groups is 2. The van der Waals surface area contributed by atoms with Gasteiger partial charge in [0.05, 0.1) is 50.5 Å². The van der Waals surface area contributed by atoms with E-state index in [1.54, 1.807) is 25.1 Å². The third kappa shape index (κ3) is 5.59. The minimum atomic E-state index is -1.31. The molecule has 2 atom stereocenters. The molecule has 3 rings (SSSR count). The Morgan fingerprint density at radius 2 is 1.79 bits per heavy atom. The van der Waals surface area contributed by atoms with Gasteiger partial charge in [0.25, 0.3) is 0 Å². The Hall–Kier alpha value is -2.08. The number of thioether (sulfide) groups is 1. The number of nitriles is 1. The molecule has 1 aliphatic heterocycles. The third-order valence-electron chi connectivity index (χ3n) is 5.02. The molecular formula is C23H18Cl4N2O4S. The van der Waals surface area contributed by atoms with Crippen LogP contribution >= 0.6 is 58.2 Å². The van der Waals surface area contributed by atoms with Crippen molar-refractivity contribution in [2.24, 2.45) is 5.92 Å². The Balaban J connectivity index is 2.08. The van der Waals surface area contributed by atoms with E-state index in [0.29, 0.717) is 33.0 Å². The van der Waals surface area contributed by atoms with Gasteiger partial charge >= 0.3 is 5.97 Å². The SMILES string of the molecule is CCOc1c(Cl)cc([C@@H]2C(C#N)=C(SCc3ccc(Cl)c(Cl)c3)NC(=O)[C@@H]2C(=O)OC)cc1Cl. The number of nitrogens with one attached hydrogen (secondary N) is 1. The number of esters is 1. The first-order valence-corrected chi connectivity index (χ1v) is 12.4. The topological polar surface area (TPSA) is 88.4 Å². The summed E-state index contributed by atoms with van der Waals surface area (Å²) in [6.45, 7) is 2.13. The van der Waals surface area contributed by atoms with Gasteiger partial charge in [0.1, 0.15) is 5.92 Å². The monoisotopic (exact) mass is 558 g/mol. The molecule has 2 aromatic carbocycles. The zero-order chi connectivity index (χ0) is 25.0. The van der Waals surface area contributed by atoms with Crippen LogP contribution in [-0.2, 0) is 20.1 Å². The van der Waals surface area contributed by atoms with Crippen LogP contribution in [0.2, 0.25) is 20.1 Å². The minimum absolute atomic E-state index is 0.177. The zero-order valence-corrected chi connectivity index (χ0v) is 21.8. The highest BCUT2D eigenvalue weighted by Crippen LogP contribution is 2.44. The fourth-order valence-electron chi connectivity index (χ4n) is 3.51. The highest BCUT2D eigenvalue weighted by atomic mass is 35.5. The molecule has 178 valence electrons. The first kappa shape index (κ1) is 26.5. The number of amides is 1. The van der Waals surface area contributed by atoms with E-state index in [-0.39, 0.29) is 21.4 Å². The Kier molecular flexibility index (Phi) is 9.02. The number of hydrogen-bond acceptors (Lipinski definition) is 6. The van der Waals surface area contributed by atoms with Crippen molar-refractivity contribution in [3.8, 4) is 11.8 Å². The lowest BCUT2D eigenvalue weighted by Crippen LogP contribution is -2.44. The second-order valence-electron chi connectivity index (χ2n) is 7.11. The van der Waals surface area contributed by atoms with Crippen molar-refractivity contribution < 1.29 is 19.1 Å². The largest absolute Gasteiger partial charge is 0.491 e. The standard InChI is InChI=1S/C23H18Cl4N2O4S/c1-3-33-20-16(26)7-12(8-17(20)27)18-13(9-28)22(29-21(30)19(18)23(31)32-2)34-10-11-4-5-14(24)15(25)6-11/h4-8,18-19H,3,10H2,1-2H3,(H,29,30)/t18-,19-/m1/s1. The lowest BCUT2D eigenvalue weighted by Gasteiger charge is -2.31. The summed E-state index contributed by atoms with van der Waals surface area (Å²) in [4.78, 5) is 25.6. The number of carbonyl (C=O) groups excluding carboxylic acids is 2. The molecule has 0 aromatic heterocycles. The van der Waals surface area contributed by atoms with Crippen molar-refractivity contribution in [1.82, 2.24) is 5.32 Å². The van der Waals surface area contributed by atoms with Crippen LogP contribution in [0.3, 0.4) is 0 Å². The number of benzene rings is 2. The molecule has 34 heavy (non-hydrogen) atoms. The lowest BCUT2D eigenvalue weighted by molar-refractivity contribution is -0.150. The summed E-state index contributed by atoms with van der Waals surface area (Å²) in [5, 5.41) is 14.2. The van der Waals surface area contributed by atoms with Crippen LogP contribution in [0.15, 0.2) is 40.9 Å². The van der Waals surface area contributed by atoms with E-state index in [9.17, 15) is 14.9 Å². The molecule has 0 radical (unpaired) electrons. The average Bonchev–Trinajstić information content (AvgIpc) is 2.81. The van der Waals surface area contributed by atoms with Crippen LogP contribution in [0.4, 0.5) is 0 Å². The molecule has 0 saturated heterocycles. The van der Waals surface area contributed by atoms with E-state index in [4.69, 9.17) is 55.9 Å². The van der Waals surface area contributed by atoms with E-state index in [1.165, 1.54) is 31.0 Å². The number of nitrogens with zero attached hydrogens (tertiary/aromatic N) is 1. The summed E-state index contributed by atoms with van der Waals surface area (Å²) in [6.07, 6.45) is 0. The molecule has 1 aliphatic rings. The minimum Gasteiger partial charge on any atom is -0.491 e. The highest BCUT2D eigenvalue weighted by molar-refractivity contribution is 8.02. The number of rotatable bonds is 7. The molecule has 0 spiro atoms. The van der Waals surface area contributed by atoms with Crippen LogP contribution in [-0.4, -0.2) is 25.6 Å². The quantitative estimate of drug-likeness (QED) is 0.313. The molecule has 0 aliphatic carbocycles. The Labute approximate surface area is 221 Å². The van der Waals surface area contributed by atoms with E-state index in [2.05, 4.69) is 11.4 Å². The summed E-state index contributed by atoms with van der Waals surface area (Å²) in [6, 6.07) is 10.4. The van der Waals surface area contributed by atoms with Crippen LogP contribution in [0, 0.1) is 17.2 Å². The summed E-state index contributed by atoms with van der Waals surface area (Å²) in [5.74, 6) is -3.00. The smallest absolute Gasteiger partial charge is 0.319 e. The Morgan fingerprint density at radius 1 is 1.12 bits per heavy atom. The number of methoxy groups -OCH3 is 1. The van der Waals surface area contributed by atoms with E-state index >= 15 is 0 Å². The van der Waals surface area contributed by atoms with Gasteiger partial charge in [-0.15, -0.1) is 11.8 Å². The predicted octanol–water partition coefficient (Wildman–Crippen LogP) is 6.37. The summed E-state index contributed by atoms with van der Waals surface area (Å²) in [5.41, 5.74) is 1.42. The molecule has 11 heteroatoms. The molecule has 1 heterocycles. The molecular weight excluding hydrogens is 542 g/mol. The van der Waals surface area contributed by atoms with Crippen molar-refractivity contribution in [3.63, 3.8) is 0 Å². The summed E-state index contributed by atoms with van der Waals surface area (Å²) in [7, 11) is 1.18. The van der Waals surface area contributed by atoms with Gasteiger partial charge in [0.15, 0.2) is 5.75 Å². The molecule has 6 nitrogen and oxygen atoms in total. The highest BCUT2D eigenvalue weighted by Gasteiger charge is 2.44. The fourth-order valence-corrected chi connectivity index (χ4v) is 5.43. The number of halogens is 4. The van der Waals surface area contributed by atoms with Gasteiger partial charge in [-0.1, -0.05) is 52.5 Å². The zero-order valence-electron chi connectivity index (χ0n) is 18.0. The molecule has 0 unspecified atom stereocenters. The van der Waals surface area contributed by atoms with Crippen molar-refractivity contribution in [2.75, 3.05) is 13.7 Å². The molecule has 2 aromatic rings. The molecule has 0 saturated carbocycles. The average molecular weight is 560 g/mol. The first-order valence-electron chi connectivity index (χ1n) is 9.93. The van der Waals surface area contributed by atoms with Gasteiger partial charge in [-0.2, -0.15) is 5.26 Å². The third-order valence-corrected chi connectivity index (χ3v) is 7.41. The van der Waals surface area contributed by atoms with Crippen molar-refractivity contribution >= 4 is 70.0 Å². The second kappa shape index (κ2) is 11.6. The summed E-state index contributed by atoms with van der Waals surface area (Å²) >= 11 is 26.0. The number of ether oxygens (including phenoxy) is 2. The molecule has 0 bridgehead atoms. The van der Waals surface area contributed by atoms with Crippen molar-refractivity contribution in [1.29, 1.82) is 5.26 Å². The van der Waals surface area contributed by atoms with Crippen LogP contribution in [0.1, 0.15) is 24.0 Å². The van der Waals surface area contributed by atoms with Gasteiger partial charge in [-0.05, 0) is 42.3 Å². The Morgan fingerprint density at radius 3 is 2.35 bits per heavy atom. The maximum atomic E-state index is 13.0. The fraction of sp³-hybridized carbons (Fsp3) is 0.261. The van der Waals surface area contributed by atoms with Crippen molar-refractivity contribution in [2.45, 2.75) is 18.6 Å². The van der Waals surface area contributed by atoms with Gasteiger partial charge in [-0.3, -0.25) is 9.59 Å². The van der Waals surface area contributed by atoms with E-state index < -0.39 is 23.7 Å². The van der Waals surface area contributed by atoms with E-state index in [0.717, 1.165) is 5.56 Å². The van der Waals surface area contributed by atoms with Gasteiger partial charge in [-0.25, -0.2) is 0 Å².